The molecule has 2 amide bonds. The molecule has 0 fully saturated rings. The number of hydrogen-bond donors (Lipinski definition) is 2. The van der Waals surface area contributed by atoms with Gasteiger partial charge >= 0.3 is 0 Å². The molecule has 0 spiro atoms. The minimum atomic E-state index is -0.253. The Morgan fingerprint density at radius 3 is 1.89 bits per heavy atom. The summed E-state index contributed by atoms with van der Waals surface area (Å²) in [7, 11) is 0. The molecule has 2 N–H and O–H groups in total. The highest BCUT2D eigenvalue weighted by Gasteiger charge is 2.08. The Morgan fingerprint density at radius 2 is 1.37 bits per heavy atom. The van der Waals surface area contributed by atoms with Crippen molar-refractivity contribution in [2.45, 2.75) is 6.92 Å². The lowest BCUT2D eigenvalue weighted by molar-refractivity contribution is -0.112. The molecule has 2 heterocycles. The first-order valence-electron chi connectivity index (χ1n) is 8.26. The molecule has 3 aromatic rings. The average Bonchev–Trinajstić information content (AvgIpc) is 3.34. The second-order valence-electron chi connectivity index (χ2n) is 5.73. The van der Waals surface area contributed by atoms with E-state index in [-0.39, 0.29) is 11.8 Å². The minimum Gasteiger partial charge on any atom is -0.321 e. The van der Waals surface area contributed by atoms with Gasteiger partial charge in [0.2, 0.25) is 11.8 Å². The SMILES string of the molecule is Cc1ccc(NC(=O)C=Cc2cccs2)c(NC(=O)C=Cc2cccs2)c1. The first-order valence-corrected chi connectivity index (χ1v) is 10.0. The van der Waals surface area contributed by atoms with Crippen molar-refractivity contribution in [1.29, 1.82) is 0 Å². The Labute approximate surface area is 165 Å². The van der Waals surface area contributed by atoms with Crippen LogP contribution in [0.15, 0.2) is 65.4 Å². The number of anilines is 2. The highest BCUT2D eigenvalue weighted by molar-refractivity contribution is 7.11. The summed E-state index contributed by atoms with van der Waals surface area (Å²) in [6.45, 7) is 1.93. The number of hydrogen-bond acceptors (Lipinski definition) is 4. The molecule has 4 nitrogen and oxygen atoms in total. The molecule has 0 bridgehead atoms. The van der Waals surface area contributed by atoms with Gasteiger partial charge in [0.1, 0.15) is 0 Å². The number of aryl methyl sites for hydroxylation is 1. The molecule has 0 aliphatic heterocycles. The molecular weight excluding hydrogens is 376 g/mol. The van der Waals surface area contributed by atoms with Gasteiger partial charge in [0.05, 0.1) is 11.4 Å². The zero-order valence-electron chi connectivity index (χ0n) is 14.6. The van der Waals surface area contributed by atoms with Crippen molar-refractivity contribution in [3.63, 3.8) is 0 Å². The van der Waals surface area contributed by atoms with Gasteiger partial charge in [-0.3, -0.25) is 9.59 Å². The van der Waals surface area contributed by atoms with Crippen molar-refractivity contribution < 1.29 is 9.59 Å². The van der Waals surface area contributed by atoms with E-state index in [0.717, 1.165) is 15.3 Å². The lowest BCUT2D eigenvalue weighted by Crippen LogP contribution is -2.13. The summed E-state index contributed by atoms with van der Waals surface area (Å²) >= 11 is 3.12. The van der Waals surface area contributed by atoms with Gasteiger partial charge in [-0.2, -0.15) is 0 Å². The molecule has 0 aliphatic rings. The van der Waals surface area contributed by atoms with Crippen molar-refractivity contribution in [2.75, 3.05) is 10.6 Å². The van der Waals surface area contributed by atoms with Crippen molar-refractivity contribution in [1.82, 2.24) is 0 Å². The van der Waals surface area contributed by atoms with Gasteiger partial charge in [0, 0.05) is 21.9 Å². The summed E-state index contributed by atoms with van der Waals surface area (Å²) in [4.78, 5) is 26.4. The highest BCUT2D eigenvalue weighted by atomic mass is 32.1. The Morgan fingerprint density at radius 1 is 0.815 bits per heavy atom. The van der Waals surface area contributed by atoms with Gasteiger partial charge in [-0.1, -0.05) is 18.2 Å². The Kier molecular flexibility index (Phi) is 6.35. The monoisotopic (exact) mass is 394 g/mol. The summed E-state index contributed by atoms with van der Waals surface area (Å²) in [6.07, 6.45) is 6.48. The van der Waals surface area contributed by atoms with Crippen LogP contribution in [0.4, 0.5) is 11.4 Å². The smallest absolute Gasteiger partial charge is 0.248 e. The summed E-state index contributed by atoms with van der Waals surface area (Å²) in [5, 5.41) is 9.56. The molecule has 0 saturated heterocycles. The Bertz CT molecular complexity index is 972. The fourth-order valence-electron chi connectivity index (χ4n) is 2.31. The predicted molar refractivity (Wildman–Crippen MR) is 115 cm³/mol. The average molecular weight is 395 g/mol. The van der Waals surface area contributed by atoms with Crippen LogP contribution in [-0.4, -0.2) is 11.8 Å². The molecule has 0 aliphatic carbocycles. The lowest BCUT2D eigenvalue weighted by Gasteiger charge is -2.11. The van der Waals surface area contributed by atoms with Crippen LogP contribution in [0.3, 0.4) is 0 Å². The highest BCUT2D eigenvalue weighted by Crippen LogP contribution is 2.23. The largest absolute Gasteiger partial charge is 0.321 e. The van der Waals surface area contributed by atoms with Crippen LogP contribution in [0.1, 0.15) is 15.3 Å². The third-order valence-electron chi connectivity index (χ3n) is 3.58. The van der Waals surface area contributed by atoms with E-state index in [2.05, 4.69) is 10.6 Å². The fraction of sp³-hybridized carbons (Fsp3) is 0.0476. The van der Waals surface area contributed by atoms with Gasteiger partial charge in [-0.25, -0.2) is 0 Å². The van der Waals surface area contributed by atoms with Crippen LogP contribution in [0.25, 0.3) is 12.2 Å². The van der Waals surface area contributed by atoms with Crippen LogP contribution in [0.2, 0.25) is 0 Å². The van der Waals surface area contributed by atoms with Crippen LogP contribution in [0, 0.1) is 6.92 Å². The molecular formula is C21H18N2O2S2. The van der Waals surface area contributed by atoms with Crippen molar-refractivity contribution in [3.8, 4) is 0 Å². The van der Waals surface area contributed by atoms with Gasteiger partial charge in [-0.15, -0.1) is 22.7 Å². The number of benzene rings is 1. The third-order valence-corrected chi connectivity index (χ3v) is 5.25. The maximum Gasteiger partial charge on any atom is 0.248 e. The van der Waals surface area contributed by atoms with Crippen LogP contribution in [0.5, 0.6) is 0 Å². The van der Waals surface area contributed by atoms with Gasteiger partial charge < -0.3 is 10.6 Å². The van der Waals surface area contributed by atoms with E-state index in [1.165, 1.54) is 12.2 Å². The van der Waals surface area contributed by atoms with Gasteiger partial charge in [-0.05, 0) is 59.7 Å². The van der Waals surface area contributed by atoms with E-state index >= 15 is 0 Å². The molecule has 0 saturated carbocycles. The molecule has 0 radical (unpaired) electrons. The molecule has 0 unspecified atom stereocenters. The molecule has 6 heteroatoms. The van der Waals surface area contributed by atoms with E-state index in [9.17, 15) is 9.59 Å². The Balaban J connectivity index is 1.69. The van der Waals surface area contributed by atoms with Gasteiger partial charge in [0.25, 0.3) is 0 Å². The molecule has 136 valence electrons. The summed E-state index contributed by atoms with van der Waals surface area (Å²) < 4.78 is 0. The molecule has 0 atom stereocenters. The van der Waals surface area contributed by atoms with Crippen LogP contribution < -0.4 is 10.6 Å². The number of rotatable bonds is 6. The van der Waals surface area contributed by atoms with Crippen molar-refractivity contribution in [2.24, 2.45) is 0 Å². The maximum absolute atomic E-state index is 12.2. The van der Waals surface area contributed by atoms with E-state index in [1.54, 1.807) is 40.9 Å². The number of nitrogens with one attached hydrogen (secondary N) is 2. The van der Waals surface area contributed by atoms with E-state index < -0.39 is 0 Å². The van der Waals surface area contributed by atoms with Gasteiger partial charge in [0.15, 0.2) is 0 Å². The Hall–Kier alpha value is -2.96. The summed E-state index contributed by atoms with van der Waals surface area (Å²) in [6, 6.07) is 13.2. The quantitative estimate of drug-likeness (QED) is 0.548. The van der Waals surface area contributed by atoms with Crippen molar-refractivity contribution in [3.05, 3.63) is 80.7 Å². The first-order chi connectivity index (χ1) is 13.1. The summed E-state index contributed by atoms with van der Waals surface area (Å²) in [5.74, 6) is -0.504. The maximum atomic E-state index is 12.2. The molecule has 2 aromatic heterocycles. The van der Waals surface area contributed by atoms with E-state index in [4.69, 9.17) is 0 Å². The van der Waals surface area contributed by atoms with Crippen LogP contribution >= 0.6 is 22.7 Å². The second-order valence-corrected chi connectivity index (χ2v) is 7.68. The number of carbonyl (C=O) groups is 2. The second kappa shape index (κ2) is 9.12. The topological polar surface area (TPSA) is 58.2 Å². The van der Waals surface area contributed by atoms with Crippen LogP contribution in [-0.2, 0) is 9.59 Å². The standard InChI is InChI=1S/C21H18N2O2S2/c1-15-6-9-18(22-20(24)10-7-16-4-2-12-26-16)19(14-15)23-21(25)11-8-17-5-3-13-27-17/h2-14H,1H3,(H,22,24)(H,23,25). The predicted octanol–water partition coefficient (Wildman–Crippen LogP) is 5.42. The number of carbonyl (C=O) groups excluding carboxylic acids is 2. The van der Waals surface area contributed by atoms with Crippen molar-refractivity contribution >= 4 is 58.0 Å². The van der Waals surface area contributed by atoms with E-state index in [0.29, 0.717) is 11.4 Å². The number of amides is 2. The normalized spacial score (nSPS) is 11.1. The molecule has 1 aromatic carbocycles. The molecule has 3 rings (SSSR count). The summed E-state index contributed by atoms with van der Waals surface area (Å²) in [5.41, 5.74) is 2.10. The number of thiophene rings is 2. The first kappa shape index (κ1) is 18.8. The minimum absolute atomic E-state index is 0.251. The zero-order valence-corrected chi connectivity index (χ0v) is 16.3. The van der Waals surface area contributed by atoms with E-state index in [1.807, 2.05) is 54.1 Å². The third kappa shape index (κ3) is 5.77. The fourth-order valence-corrected chi connectivity index (χ4v) is 3.54. The zero-order chi connectivity index (χ0) is 19.1. The lowest BCUT2D eigenvalue weighted by atomic mass is 10.2. The molecule has 27 heavy (non-hydrogen) atoms.